The van der Waals surface area contributed by atoms with Crippen molar-refractivity contribution in [3.05, 3.63) is 12.2 Å². The summed E-state index contributed by atoms with van der Waals surface area (Å²) in [6.45, 7) is 2.24. The molecule has 0 aliphatic carbocycles. The number of unbranched alkanes of at least 4 members (excludes halogenated alkanes) is 11. The maximum absolute atomic E-state index is 12.0. The van der Waals surface area contributed by atoms with Gasteiger partial charge in [-0.1, -0.05) is 70.4 Å². The van der Waals surface area contributed by atoms with Gasteiger partial charge in [0.05, 0.1) is 0 Å². The van der Waals surface area contributed by atoms with Crippen molar-refractivity contribution in [3.8, 4) is 0 Å². The number of rotatable bonds is 20. The van der Waals surface area contributed by atoms with Crippen molar-refractivity contribution in [3.63, 3.8) is 0 Å². The van der Waals surface area contributed by atoms with Gasteiger partial charge in [-0.05, 0) is 38.5 Å². The molecule has 1 amide bonds. The lowest BCUT2D eigenvalue weighted by atomic mass is 10.1. The number of carbonyl (C=O) groups excluding carboxylic acids is 1. The molecule has 0 saturated heterocycles. The fraction of sp³-hybridized carbons (Fsp3) is 0.783. The Hall–Kier alpha value is -1.56. The van der Waals surface area contributed by atoms with E-state index < -0.39 is 23.9 Å². The van der Waals surface area contributed by atoms with Gasteiger partial charge in [-0.3, -0.25) is 9.59 Å². The summed E-state index contributed by atoms with van der Waals surface area (Å²) in [7, 11) is 0. The molecule has 0 aromatic rings. The van der Waals surface area contributed by atoms with E-state index in [0.717, 1.165) is 32.1 Å². The Kier molecular flexibility index (Phi) is 18.4. The smallest absolute Gasteiger partial charge is 0.327 e. The lowest BCUT2D eigenvalue weighted by Gasteiger charge is -2.21. The fourth-order valence-corrected chi connectivity index (χ4v) is 3.49. The number of aliphatic carboxylic acids is 2. The van der Waals surface area contributed by atoms with Crippen LogP contribution in [0.4, 0.5) is 0 Å². The Balaban J connectivity index is 3.70. The normalized spacial score (nSPS) is 12.2. The molecule has 0 saturated carbocycles. The van der Waals surface area contributed by atoms with Crippen LogP contribution in [0.2, 0.25) is 0 Å². The van der Waals surface area contributed by atoms with Gasteiger partial charge in [0.1, 0.15) is 6.04 Å². The first-order valence-corrected chi connectivity index (χ1v) is 11.8. The molecular weight excluding hydrogens is 406 g/mol. The monoisotopic (exact) mass is 445 g/mol. The number of allylic oxidation sites excluding steroid dienone is 2. The van der Waals surface area contributed by atoms with Crippen LogP contribution in [-0.4, -0.2) is 38.5 Å². The van der Waals surface area contributed by atoms with E-state index in [1.807, 2.05) is 0 Å². The maximum Gasteiger partial charge on any atom is 0.327 e. The molecule has 6 nitrogen and oxygen atoms in total. The van der Waals surface area contributed by atoms with E-state index in [1.54, 1.807) is 0 Å². The summed E-state index contributed by atoms with van der Waals surface area (Å²) >= 11 is 5.84. The third-order valence-corrected chi connectivity index (χ3v) is 5.51. The molecule has 1 atom stereocenters. The first kappa shape index (κ1) is 28.4. The molecule has 0 aromatic heterocycles. The van der Waals surface area contributed by atoms with Gasteiger partial charge in [0.2, 0.25) is 5.91 Å². The Morgan fingerprint density at radius 2 is 1.30 bits per heavy atom. The molecule has 0 rings (SSSR count). The molecule has 0 heterocycles. The van der Waals surface area contributed by atoms with Crippen LogP contribution in [-0.2, 0) is 14.4 Å². The molecular formula is C23H40ClNO5. The molecule has 30 heavy (non-hydrogen) atoms. The highest BCUT2D eigenvalue weighted by Crippen LogP contribution is 2.15. The predicted molar refractivity (Wildman–Crippen MR) is 120 cm³/mol. The summed E-state index contributed by atoms with van der Waals surface area (Å²) in [4.78, 5) is 33.8. The Bertz CT molecular complexity index is 510. The molecule has 0 radical (unpaired) electrons. The Labute approximate surface area is 186 Å². The first-order valence-electron chi connectivity index (χ1n) is 11.5. The lowest BCUT2D eigenvalue weighted by molar-refractivity contribution is -0.147. The Morgan fingerprint density at radius 3 is 1.80 bits per heavy atom. The number of amides is 1. The van der Waals surface area contributed by atoms with Gasteiger partial charge in [-0.25, -0.2) is 9.21 Å². The number of hydrogen-bond donors (Lipinski definition) is 2. The highest BCUT2D eigenvalue weighted by atomic mass is 35.5. The minimum atomic E-state index is -1.31. The van der Waals surface area contributed by atoms with Crippen LogP contribution in [0, 0.1) is 0 Å². The minimum Gasteiger partial charge on any atom is -0.481 e. The van der Waals surface area contributed by atoms with Crippen molar-refractivity contribution >= 4 is 29.6 Å². The molecule has 0 spiro atoms. The zero-order valence-electron chi connectivity index (χ0n) is 18.5. The van der Waals surface area contributed by atoms with E-state index in [4.69, 9.17) is 22.0 Å². The van der Waals surface area contributed by atoms with Gasteiger partial charge < -0.3 is 10.2 Å². The van der Waals surface area contributed by atoms with E-state index in [1.165, 1.54) is 44.9 Å². The number of nitrogens with zero attached hydrogens (tertiary/aromatic N) is 1. The van der Waals surface area contributed by atoms with Crippen LogP contribution >= 0.6 is 11.8 Å². The van der Waals surface area contributed by atoms with E-state index in [2.05, 4.69) is 19.1 Å². The highest BCUT2D eigenvalue weighted by molar-refractivity contribution is 6.22. The minimum absolute atomic E-state index is 0.179. The number of carboxylic acids is 2. The van der Waals surface area contributed by atoms with E-state index in [9.17, 15) is 14.4 Å². The largest absolute Gasteiger partial charge is 0.481 e. The zero-order valence-corrected chi connectivity index (χ0v) is 19.2. The molecule has 0 aliphatic heterocycles. The van der Waals surface area contributed by atoms with Crippen molar-refractivity contribution in [2.24, 2.45) is 0 Å². The van der Waals surface area contributed by atoms with Gasteiger partial charge in [0.25, 0.3) is 0 Å². The summed E-state index contributed by atoms with van der Waals surface area (Å²) in [6.07, 6.45) is 19.2. The molecule has 174 valence electrons. The van der Waals surface area contributed by atoms with Crippen molar-refractivity contribution in [2.75, 3.05) is 0 Å². The van der Waals surface area contributed by atoms with E-state index in [0.29, 0.717) is 10.8 Å². The van der Waals surface area contributed by atoms with Gasteiger partial charge in [0.15, 0.2) is 0 Å². The quantitative estimate of drug-likeness (QED) is 0.130. The number of carboxylic acid groups (broad SMARTS) is 2. The molecule has 0 bridgehead atoms. The molecule has 0 fully saturated rings. The SMILES string of the molecule is CCCCCCCC/C=C\CCCCCCCC(=O)N(Cl)[C@@H](CCC(=O)O)C(=O)O. The molecule has 7 heteroatoms. The highest BCUT2D eigenvalue weighted by Gasteiger charge is 2.28. The average molecular weight is 446 g/mol. The number of hydrogen-bond acceptors (Lipinski definition) is 3. The zero-order chi connectivity index (χ0) is 22.6. The second kappa shape index (κ2) is 19.4. The standard InChI is InChI=1S/C23H40ClNO5/c1-2-3-4-5-6-7-8-9-10-11-12-13-14-15-16-17-21(26)25(24)20(23(29)30)18-19-22(27)28/h9-10,20H,2-8,11-19H2,1H3,(H,27,28)(H,29,30)/b10-9-/t20-/m0/s1. The summed E-state index contributed by atoms with van der Waals surface area (Å²) in [5, 5.41) is 17.8. The lowest BCUT2D eigenvalue weighted by Crippen LogP contribution is -2.39. The van der Waals surface area contributed by atoms with Crippen LogP contribution in [0.3, 0.4) is 0 Å². The Morgan fingerprint density at radius 1 is 0.800 bits per heavy atom. The van der Waals surface area contributed by atoms with Crippen LogP contribution in [0.15, 0.2) is 12.2 Å². The summed E-state index contributed by atoms with van der Waals surface area (Å²) < 4.78 is 0.653. The van der Waals surface area contributed by atoms with Gasteiger partial charge >= 0.3 is 11.9 Å². The van der Waals surface area contributed by atoms with Crippen molar-refractivity contribution in [2.45, 2.75) is 116 Å². The maximum atomic E-state index is 12.0. The summed E-state index contributed by atoms with van der Waals surface area (Å²) in [6, 6.07) is -1.31. The molecule has 0 aliphatic rings. The van der Waals surface area contributed by atoms with Crippen molar-refractivity contribution < 1.29 is 24.6 Å². The van der Waals surface area contributed by atoms with E-state index in [-0.39, 0.29) is 19.3 Å². The van der Waals surface area contributed by atoms with Gasteiger partial charge in [0, 0.05) is 24.6 Å². The van der Waals surface area contributed by atoms with Gasteiger partial charge in [-0.2, -0.15) is 0 Å². The number of halogens is 1. The topological polar surface area (TPSA) is 94.9 Å². The number of carbonyl (C=O) groups is 3. The third-order valence-electron chi connectivity index (χ3n) is 5.08. The van der Waals surface area contributed by atoms with Crippen LogP contribution < -0.4 is 0 Å². The first-order chi connectivity index (χ1) is 14.4. The summed E-state index contributed by atoms with van der Waals surface area (Å²) in [5.74, 6) is -2.87. The fourth-order valence-electron chi connectivity index (χ4n) is 3.22. The van der Waals surface area contributed by atoms with Gasteiger partial charge in [-0.15, -0.1) is 0 Å². The molecule has 0 unspecified atom stereocenters. The third kappa shape index (κ3) is 16.3. The van der Waals surface area contributed by atoms with Crippen LogP contribution in [0.5, 0.6) is 0 Å². The summed E-state index contributed by atoms with van der Waals surface area (Å²) in [5.41, 5.74) is 0. The second-order valence-electron chi connectivity index (χ2n) is 7.83. The van der Waals surface area contributed by atoms with Crippen molar-refractivity contribution in [1.29, 1.82) is 0 Å². The molecule has 2 N–H and O–H groups in total. The second-order valence-corrected chi connectivity index (χ2v) is 8.19. The predicted octanol–water partition coefficient (Wildman–Crippen LogP) is 6.32. The molecule has 0 aromatic carbocycles. The van der Waals surface area contributed by atoms with Crippen LogP contribution in [0.1, 0.15) is 110 Å². The average Bonchev–Trinajstić information content (AvgIpc) is 2.70. The van der Waals surface area contributed by atoms with E-state index >= 15 is 0 Å². The van der Waals surface area contributed by atoms with Crippen molar-refractivity contribution in [1.82, 2.24) is 4.42 Å². The van der Waals surface area contributed by atoms with Crippen LogP contribution in [0.25, 0.3) is 0 Å².